The summed E-state index contributed by atoms with van der Waals surface area (Å²) >= 11 is 1.55. The van der Waals surface area contributed by atoms with Crippen LogP contribution in [0.1, 0.15) is 28.4 Å². The molecule has 2 bridgehead atoms. The number of rotatable bonds is 1. The maximum atomic E-state index is 13.0. The Hall–Kier alpha value is -2.47. The predicted molar refractivity (Wildman–Crippen MR) is 97.1 cm³/mol. The summed E-state index contributed by atoms with van der Waals surface area (Å²) in [6.45, 7) is 2.11. The third kappa shape index (κ3) is 2.40. The average Bonchev–Trinajstić information content (AvgIpc) is 3.09. The van der Waals surface area contributed by atoms with Gasteiger partial charge in [0.15, 0.2) is 0 Å². The van der Waals surface area contributed by atoms with E-state index >= 15 is 0 Å². The minimum Gasteiger partial charge on any atom is -0.338 e. The van der Waals surface area contributed by atoms with Gasteiger partial charge in [-0.3, -0.25) is 9.59 Å². The van der Waals surface area contributed by atoms with Crippen LogP contribution in [0.3, 0.4) is 0 Å². The second-order valence-electron chi connectivity index (χ2n) is 6.94. The number of pyridine rings is 1. The molecule has 1 saturated heterocycles. The molecular formula is C19H17N3O2S. The van der Waals surface area contributed by atoms with Gasteiger partial charge in [0.2, 0.25) is 0 Å². The molecule has 1 amide bonds. The summed E-state index contributed by atoms with van der Waals surface area (Å²) < 4.78 is 2.93. The summed E-state index contributed by atoms with van der Waals surface area (Å²) in [5.41, 5.74) is 4.60. The SMILES string of the molecule is O=C(c1ccc2ncsc2c1)N1C[C@@H]2C[C@@H](C1)c1cccc(=O)n1C2. The normalized spacial score (nSPS) is 22.0. The fourth-order valence-electron chi connectivity index (χ4n) is 4.23. The van der Waals surface area contributed by atoms with Crippen molar-refractivity contribution >= 4 is 27.5 Å². The Bertz CT molecular complexity index is 1040. The molecular weight excluding hydrogens is 334 g/mol. The number of aromatic nitrogens is 2. The number of amides is 1. The van der Waals surface area contributed by atoms with Crippen LogP contribution in [0.5, 0.6) is 0 Å². The molecule has 3 aromatic rings. The summed E-state index contributed by atoms with van der Waals surface area (Å²) in [5.74, 6) is 0.677. The van der Waals surface area contributed by atoms with Gasteiger partial charge in [-0.05, 0) is 36.6 Å². The zero-order valence-corrected chi connectivity index (χ0v) is 14.4. The van der Waals surface area contributed by atoms with Gasteiger partial charge < -0.3 is 9.47 Å². The van der Waals surface area contributed by atoms with Crippen molar-refractivity contribution in [2.75, 3.05) is 13.1 Å². The third-order valence-electron chi connectivity index (χ3n) is 5.35. The lowest BCUT2D eigenvalue weighted by Gasteiger charge is -2.42. The number of hydrogen-bond acceptors (Lipinski definition) is 4. The molecule has 0 radical (unpaired) electrons. The Morgan fingerprint density at radius 1 is 1.16 bits per heavy atom. The molecule has 1 aromatic carbocycles. The topological polar surface area (TPSA) is 55.2 Å². The number of benzene rings is 1. The Morgan fingerprint density at radius 2 is 2.08 bits per heavy atom. The highest BCUT2D eigenvalue weighted by atomic mass is 32.1. The fraction of sp³-hybridized carbons (Fsp3) is 0.316. The summed E-state index contributed by atoms with van der Waals surface area (Å²) in [4.78, 5) is 31.4. The molecule has 0 saturated carbocycles. The van der Waals surface area contributed by atoms with Gasteiger partial charge >= 0.3 is 0 Å². The van der Waals surface area contributed by atoms with E-state index in [0.29, 0.717) is 19.0 Å². The van der Waals surface area contributed by atoms with Gasteiger partial charge in [-0.15, -0.1) is 11.3 Å². The number of likely N-dealkylation sites (tertiary alicyclic amines) is 1. The number of nitrogens with zero attached hydrogens (tertiary/aromatic N) is 3. The summed E-state index contributed by atoms with van der Waals surface area (Å²) in [6.07, 6.45) is 1.06. The van der Waals surface area contributed by atoms with E-state index in [1.165, 1.54) is 0 Å². The van der Waals surface area contributed by atoms with Gasteiger partial charge in [0.25, 0.3) is 11.5 Å². The lowest BCUT2D eigenvalue weighted by molar-refractivity contribution is 0.0595. The number of carbonyl (C=O) groups excluding carboxylic acids is 1. The first-order chi connectivity index (χ1) is 12.2. The maximum Gasteiger partial charge on any atom is 0.253 e. The molecule has 5 nitrogen and oxygen atoms in total. The standard InChI is InChI=1S/C19H17N3O2S/c23-18-3-1-2-16-14-6-12(9-22(16)18)8-21(10-14)19(24)13-4-5-15-17(7-13)25-11-20-15/h1-5,7,11-12,14H,6,8-10H2/t12-,14-/m0/s1. The number of carbonyl (C=O) groups is 1. The molecule has 2 aliphatic heterocycles. The Morgan fingerprint density at radius 3 is 3.00 bits per heavy atom. The highest BCUT2D eigenvalue weighted by molar-refractivity contribution is 7.16. The first-order valence-corrected chi connectivity index (χ1v) is 9.39. The summed E-state index contributed by atoms with van der Waals surface area (Å²) in [6, 6.07) is 11.2. The van der Waals surface area contributed by atoms with Crippen molar-refractivity contribution in [2.24, 2.45) is 5.92 Å². The van der Waals surface area contributed by atoms with Crippen molar-refractivity contribution < 1.29 is 4.79 Å². The van der Waals surface area contributed by atoms with E-state index in [4.69, 9.17) is 0 Å². The van der Waals surface area contributed by atoms with E-state index in [1.807, 2.05) is 39.8 Å². The Kier molecular flexibility index (Phi) is 3.28. The minimum atomic E-state index is 0.0719. The molecule has 25 heavy (non-hydrogen) atoms. The third-order valence-corrected chi connectivity index (χ3v) is 6.14. The number of thiazole rings is 1. The lowest BCUT2D eigenvalue weighted by Crippen LogP contribution is -2.49. The van der Waals surface area contributed by atoms with Gasteiger partial charge in [-0.25, -0.2) is 4.98 Å². The van der Waals surface area contributed by atoms with Crippen LogP contribution < -0.4 is 5.56 Å². The summed E-state index contributed by atoms with van der Waals surface area (Å²) in [5, 5.41) is 0. The smallest absolute Gasteiger partial charge is 0.253 e. The van der Waals surface area contributed by atoms with Crippen molar-refractivity contribution in [3.63, 3.8) is 0 Å². The molecule has 0 N–H and O–H groups in total. The molecule has 1 fully saturated rings. The molecule has 0 aliphatic carbocycles. The zero-order chi connectivity index (χ0) is 17.0. The highest BCUT2D eigenvalue weighted by Gasteiger charge is 2.36. The van der Waals surface area contributed by atoms with E-state index in [0.717, 1.165) is 34.4 Å². The van der Waals surface area contributed by atoms with Gasteiger partial charge in [0.05, 0.1) is 15.7 Å². The number of hydrogen-bond donors (Lipinski definition) is 0. The van der Waals surface area contributed by atoms with Crippen LogP contribution in [-0.2, 0) is 6.54 Å². The zero-order valence-electron chi connectivity index (χ0n) is 13.6. The average molecular weight is 351 g/mol. The quantitative estimate of drug-likeness (QED) is 0.677. The van der Waals surface area contributed by atoms with Crippen molar-refractivity contribution in [1.82, 2.24) is 14.5 Å². The number of piperidine rings is 1. The largest absolute Gasteiger partial charge is 0.338 e. The van der Waals surface area contributed by atoms with Gasteiger partial charge in [0, 0.05) is 42.9 Å². The van der Waals surface area contributed by atoms with Crippen LogP contribution in [0.4, 0.5) is 0 Å². The second kappa shape index (κ2) is 5.52. The molecule has 126 valence electrons. The minimum absolute atomic E-state index is 0.0719. The van der Waals surface area contributed by atoms with Gasteiger partial charge in [-0.2, -0.15) is 0 Å². The Balaban J connectivity index is 1.46. The van der Waals surface area contributed by atoms with Gasteiger partial charge in [0.1, 0.15) is 0 Å². The molecule has 0 spiro atoms. The van der Waals surface area contributed by atoms with Crippen molar-refractivity contribution in [3.05, 3.63) is 63.5 Å². The van der Waals surface area contributed by atoms with Crippen molar-refractivity contribution in [3.8, 4) is 0 Å². The van der Waals surface area contributed by atoms with Crippen LogP contribution in [-0.4, -0.2) is 33.4 Å². The van der Waals surface area contributed by atoms with E-state index < -0.39 is 0 Å². The molecule has 6 heteroatoms. The molecule has 2 atom stereocenters. The van der Waals surface area contributed by atoms with Crippen molar-refractivity contribution in [1.29, 1.82) is 0 Å². The van der Waals surface area contributed by atoms with Gasteiger partial charge in [-0.1, -0.05) is 6.07 Å². The fourth-order valence-corrected chi connectivity index (χ4v) is 4.95. The maximum absolute atomic E-state index is 13.0. The van der Waals surface area contributed by atoms with Crippen molar-refractivity contribution in [2.45, 2.75) is 18.9 Å². The molecule has 4 heterocycles. The number of fused-ring (bicyclic) bond motifs is 5. The van der Waals surface area contributed by atoms with Crippen LogP contribution in [0, 0.1) is 5.92 Å². The molecule has 2 aliphatic rings. The monoisotopic (exact) mass is 351 g/mol. The van der Waals surface area contributed by atoms with E-state index in [2.05, 4.69) is 4.98 Å². The van der Waals surface area contributed by atoms with E-state index in [9.17, 15) is 9.59 Å². The highest BCUT2D eigenvalue weighted by Crippen LogP contribution is 2.35. The second-order valence-corrected chi connectivity index (χ2v) is 7.83. The first kappa shape index (κ1) is 14.8. The predicted octanol–water partition coefficient (Wildman–Crippen LogP) is 2.72. The van der Waals surface area contributed by atoms with Crippen LogP contribution in [0.25, 0.3) is 10.2 Å². The molecule has 5 rings (SSSR count). The van der Waals surface area contributed by atoms with Crippen LogP contribution in [0.2, 0.25) is 0 Å². The summed E-state index contributed by atoms with van der Waals surface area (Å²) in [7, 11) is 0. The molecule has 0 unspecified atom stereocenters. The first-order valence-electron chi connectivity index (χ1n) is 8.51. The van der Waals surface area contributed by atoms with Crippen LogP contribution in [0.15, 0.2) is 46.7 Å². The van der Waals surface area contributed by atoms with Crippen LogP contribution >= 0.6 is 11.3 Å². The molecule has 2 aromatic heterocycles. The van der Waals surface area contributed by atoms with E-state index in [-0.39, 0.29) is 17.4 Å². The van der Waals surface area contributed by atoms with E-state index in [1.54, 1.807) is 22.9 Å². The lowest BCUT2D eigenvalue weighted by atomic mass is 9.83. The Labute approximate surface area is 148 Å².